The second kappa shape index (κ2) is 7.65. The highest BCUT2D eigenvalue weighted by molar-refractivity contribution is 7.89. The molecule has 0 atom stereocenters. The molecule has 5 nitrogen and oxygen atoms in total. The average Bonchev–Trinajstić information content (AvgIpc) is 2.39. The lowest BCUT2D eigenvalue weighted by molar-refractivity contribution is -0.143. The molecule has 6 heteroatoms. The second-order valence-electron chi connectivity index (χ2n) is 4.69. The van der Waals surface area contributed by atoms with Gasteiger partial charge in [0.05, 0.1) is 11.9 Å². The van der Waals surface area contributed by atoms with Crippen LogP contribution in [0.1, 0.15) is 39.0 Å². The quantitative estimate of drug-likeness (QED) is 0.528. The number of carbonyl (C=O) groups excluding carboxylic acids is 1. The first kappa shape index (κ1) is 16.2. The molecule has 1 fully saturated rings. The lowest BCUT2D eigenvalue weighted by atomic mass is 10.0. The van der Waals surface area contributed by atoms with Gasteiger partial charge >= 0.3 is 5.97 Å². The number of hydrogen-bond acceptors (Lipinski definition) is 4. The second-order valence-corrected chi connectivity index (χ2v) is 6.90. The molecule has 1 aliphatic carbocycles. The third-order valence-electron chi connectivity index (χ3n) is 3.28. The number of esters is 1. The van der Waals surface area contributed by atoms with E-state index in [9.17, 15) is 13.2 Å². The van der Waals surface area contributed by atoms with Crippen LogP contribution in [0.2, 0.25) is 0 Å². The number of nitrogens with zero attached hydrogens (tertiary/aromatic N) is 1. The lowest BCUT2D eigenvalue weighted by Crippen LogP contribution is -2.42. The lowest BCUT2D eigenvalue weighted by Gasteiger charge is -2.28. The summed E-state index contributed by atoms with van der Waals surface area (Å²) in [5.74, 6) is -0.510. The van der Waals surface area contributed by atoms with Crippen molar-refractivity contribution in [3.63, 3.8) is 0 Å². The van der Waals surface area contributed by atoms with Gasteiger partial charge < -0.3 is 4.74 Å². The van der Waals surface area contributed by atoms with Crippen LogP contribution in [0.5, 0.6) is 0 Å². The van der Waals surface area contributed by atoms with Gasteiger partial charge in [0.15, 0.2) is 0 Å². The summed E-state index contributed by atoms with van der Waals surface area (Å²) in [6.45, 7) is 5.44. The molecule has 1 saturated carbocycles. The fourth-order valence-corrected chi connectivity index (χ4v) is 4.28. The van der Waals surface area contributed by atoms with Crippen molar-refractivity contribution >= 4 is 16.0 Å². The van der Waals surface area contributed by atoms with Crippen molar-refractivity contribution < 1.29 is 17.9 Å². The van der Waals surface area contributed by atoms with Gasteiger partial charge in [0.1, 0.15) is 6.54 Å². The molecule has 0 aromatic heterocycles. The number of sulfonamides is 1. The summed E-state index contributed by atoms with van der Waals surface area (Å²) in [6.07, 6.45) is 5.82. The summed E-state index contributed by atoms with van der Waals surface area (Å²) >= 11 is 0. The molecular formula is C13H23NO4S. The zero-order chi connectivity index (χ0) is 14.3. The minimum Gasteiger partial charge on any atom is -0.465 e. The molecule has 0 radical (unpaired) electrons. The van der Waals surface area contributed by atoms with E-state index in [2.05, 4.69) is 6.58 Å². The zero-order valence-corrected chi connectivity index (χ0v) is 12.3. The van der Waals surface area contributed by atoms with Gasteiger partial charge in [-0.3, -0.25) is 4.79 Å². The van der Waals surface area contributed by atoms with Crippen LogP contribution in [0, 0.1) is 0 Å². The van der Waals surface area contributed by atoms with E-state index in [0.29, 0.717) is 12.8 Å². The molecule has 0 amide bonds. The fourth-order valence-electron chi connectivity index (χ4n) is 2.33. The molecule has 1 rings (SSSR count). The Balaban J connectivity index is 2.77. The van der Waals surface area contributed by atoms with Crippen molar-refractivity contribution in [3.05, 3.63) is 12.7 Å². The summed E-state index contributed by atoms with van der Waals surface area (Å²) in [7, 11) is -3.44. The molecule has 0 bridgehead atoms. The molecule has 0 spiro atoms. The Morgan fingerprint density at radius 3 is 2.53 bits per heavy atom. The molecule has 0 N–H and O–H groups in total. The Morgan fingerprint density at radius 1 is 1.37 bits per heavy atom. The maximum Gasteiger partial charge on any atom is 0.321 e. The van der Waals surface area contributed by atoms with Gasteiger partial charge in [-0.15, -0.1) is 6.58 Å². The van der Waals surface area contributed by atoms with Gasteiger partial charge in [-0.1, -0.05) is 25.3 Å². The van der Waals surface area contributed by atoms with E-state index in [1.807, 2.05) is 0 Å². The van der Waals surface area contributed by atoms with Crippen LogP contribution in [-0.4, -0.2) is 43.6 Å². The van der Waals surface area contributed by atoms with Gasteiger partial charge in [-0.2, -0.15) is 4.31 Å². The molecule has 1 aliphatic rings. The van der Waals surface area contributed by atoms with Crippen molar-refractivity contribution in [2.75, 3.05) is 19.7 Å². The van der Waals surface area contributed by atoms with Gasteiger partial charge in [-0.25, -0.2) is 8.42 Å². The van der Waals surface area contributed by atoms with E-state index < -0.39 is 16.0 Å². The zero-order valence-electron chi connectivity index (χ0n) is 11.5. The van der Waals surface area contributed by atoms with Gasteiger partial charge in [-0.05, 0) is 19.8 Å². The normalized spacial score (nSPS) is 17.4. The highest BCUT2D eigenvalue weighted by Crippen LogP contribution is 2.26. The molecule has 0 heterocycles. The summed E-state index contributed by atoms with van der Waals surface area (Å²) < 4.78 is 31.0. The Kier molecular flexibility index (Phi) is 6.51. The summed E-state index contributed by atoms with van der Waals surface area (Å²) in [4.78, 5) is 11.5. The molecule has 110 valence electrons. The van der Waals surface area contributed by atoms with Crippen molar-refractivity contribution in [1.82, 2.24) is 4.31 Å². The average molecular weight is 289 g/mol. The van der Waals surface area contributed by atoms with Crippen LogP contribution in [0.4, 0.5) is 0 Å². The predicted octanol–water partition coefficient (Wildman–Crippen LogP) is 1.70. The smallest absolute Gasteiger partial charge is 0.321 e. The van der Waals surface area contributed by atoms with E-state index in [1.165, 1.54) is 10.4 Å². The first-order valence-electron chi connectivity index (χ1n) is 6.77. The Labute approximate surface area is 115 Å². The highest BCUT2D eigenvalue weighted by Gasteiger charge is 2.33. The van der Waals surface area contributed by atoms with Crippen molar-refractivity contribution in [3.8, 4) is 0 Å². The van der Waals surface area contributed by atoms with Crippen LogP contribution < -0.4 is 0 Å². The minimum absolute atomic E-state index is 0.150. The van der Waals surface area contributed by atoms with E-state index in [4.69, 9.17) is 4.74 Å². The van der Waals surface area contributed by atoms with Crippen LogP contribution in [-0.2, 0) is 19.6 Å². The highest BCUT2D eigenvalue weighted by atomic mass is 32.2. The maximum atomic E-state index is 12.5. The third kappa shape index (κ3) is 4.62. The third-order valence-corrected chi connectivity index (χ3v) is 5.59. The number of carbonyl (C=O) groups is 1. The largest absolute Gasteiger partial charge is 0.465 e. The fraction of sp³-hybridized carbons (Fsp3) is 0.769. The number of ether oxygens (including phenoxy) is 1. The minimum atomic E-state index is -3.44. The molecule has 0 unspecified atom stereocenters. The summed E-state index contributed by atoms with van der Waals surface area (Å²) in [6, 6.07) is 0. The van der Waals surface area contributed by atoms with Crippen molar-refractivity contribution in [1.29, 1.82) is 0 Å². The number of rotatable bonds is 7. The van der Waals surface area contributed by atoms with Gasteiger partial charge in [0.25, 0.3) is 0 Å². The van der Waals surface area contributed by atoms with Crippen LogP contribution in [0.3, 0.4) is 0 Å². The van der Waals surface area contributed by atoms with E-state index in [-0.39, 0.29) is 24.9 Å². The topological polar surface area (TPSA) is 63.7 Å². The van der Waals surface area contributed by atoms with Crippen molar-refractivity contribution in [2.45, 2.75) is 44.3 Å². The van der Waals surface area contributed by atoms with Crippen molar-refractivity contribution in [2.24, 2.45) is 0 Å². The molecule has 0 aromatic carbocycles. The molecule has 0 aliphatic heterocycles. The first-order chi connectivity index (χ1) is 9.02. The predicted molar refractivity (Wildman–Crippen MR) is 74.2 cm³/mol. The van der Waals surface area contributed by atoms with E-state index >= 15 is 0 Å². The van der Waals surface area contributed by atoms with Gasteiger partial charge in [0, 0.05) is 6.54 Å². The standard InChI is InChI=1S/C13H23NO4S/c1-3-10-14(11-13(15)18-4-2)19(16,17)12-8-6-5-7-9-12/h3,12H,1,4-11H2,2H3. The molecular weight excluding hydrogens is 266 g/mol. The summed E-state index contributed by atoms with van der Waals surface area (Å²) in [5, 5.41) is -0.365. The Hall–Kier alpha value is -0.880. The monoisotopic (exact) mass is 289 g/mol. The van der Waals surface area contributed by atoms with E-state index in [0.717, 1.165) is 19.3 Å². The first-order valence-corrected chi connectivity index (χ1v) is 8.28. The van der Waals surface area contributed by atoms with Gasteiger partial charge in [0.2, 0.25) is 10.0 Å². The SMILES string of the molecule is C=CCN(CC(=O)OCC)S(=O)(=O)C1CCCCC1. The van der Waals surface area contributed by atoms with Crippen LogP contribution in [0.25, 0.3) is 0 Å². The Bertz CT molecular complexity index is 399. The number of hydrogen-bond donors (Lipinski definition) is 0. The van der Waals surface area contributed by atoms with Crippen LogP contribution in [0.15, 0.2) is 12.7 Å². The van der Waals surface area contributed by atoms with Crippen LogP contribution >= 0.6 is 0 Å². The van der Waals surface area contributed by atoms with E-state index in [1.54, 1.807) is 6.92 Å². The molecule has 19 heavy (non-hydrogen) atoms. The molecule has 0 saturated heterocycles. The summed E-state index contributed by atoms with van der Waals surface area (Å²) in [5.41, 5.74) is 0. The molecule has 0 aromatic rings. The maximum absolute atomic E-state index is 12.5. The Morgan fingerprint density at radius 2 is 2.00 bits per heavy atom.